The minimum absolute atomic E-state index is 0.0218. The lowest BCUT2D eigenvalue weighted by atomic mass is 9.54. The van der Waals surface area contributed by atoms with Crippen LogP contribution in [0.15, 0.2) is 96.6 Å². The first kappa shape index (κ1) is 36.6. The van der Waals surface area contributed by atoms with Gasteiger partial charge in [0.15, 0.2) is 28.7 Å². The van der Waals surface area contributed by atoms with Crippen LogP contribution in [0.25, 0.3) is 0 Å². The van der Waals surface area contributed by atoms with Gasteiger partial charge in [-0.05, 0) is 35.0 Å². The summed E-state index contributed by atoms with van der Waals surface area (Å²) in [6.07, 6.45) is -2.41. The van der Waals surface area contributed by atoms with Crippen molar-refractivity contribution in [3.63, 3.8) is 0 Å². The van der Waals surface area contributed by atoms with Crippen molar-refractivity contribution in [1.82, 2.24) is 10.1 Å². The Balaban J connectivity index is 1.34. The molecule has 0 spiro atoms. The zero-order valence-corrected chi connectivity index (χ0v) is 28.9. The van der Waals surface area contributed by atoms with Gasteiger partial charge in [-0.25, -0.2) is 0 Å². The molecule has 5 unspecified atom stereocenters. The van der Waals surface area contributed by atoms with Crippen molar-refractivity contribution < 1.29 is 51.4 Å². The van der Waals surface area contributed by atoms with E-state index in [1.807, 2.05) is 6.07 Å². The standard InChI is InChI=1S/C40H36F3N3O8/c1-3-15-46(16-4-2)32-26-18-24-17-25-28(53-40(41,42)43)19-27(44)34(51-20-22-11-7-5-8-12-22)30(25)33(47)29(24)36(48)39(26,50)37(49)31-35(32)54-45-38(31)52-21-23-13-9-6-10-14-23/h3-14,19,24,26,29,32,50H,1-2,15-18,20-21,44H2. The van der Waals surface area contributed by atoms with Gasteiger partial charge in [0.1, 0.15) is 24.5 Å². The van der Waals surface area contributed by atoms with Crippen LogP contribution in [0.3, 0.4) is 0 Å². The summed E-state index contributed by atoms with van der Waals surface area (Å²) in [7, 11) is 0. The van der Waals surface area contributed by atoms with Gasteiger partial charge in [0.25, 0.3) is 5.88 Å². The molecule has 280 valence electrons. The summed E-state index contributed by atoms with van der Waals surface area (Å²) in [5.74, 6) is -8.13. The molecule has 3 aromatic carbocycles. The van der Waals surface area contributed by atoms with Crippen molar-refractivity contribution in [3.8, 4) is 17.4 Å². The number of nitrogens with two attached hydrogens (primary N) is 1. The Morgan fingerprint density at radius 3 is 2.17 bits per heavy atom. The molecule has 1 heterocycles. The van der Waals surface area contributed by atoms with Gasteiger partial charge in [0.05, 0.1) is 23.2 Å². The summed E-state index contributed by atoms with van der Waals surface area (Å²) in [4.78, 5) is 45.8. The monoisotopic (exact) mass is 743 g/mol. The van der Waals surface area contributed by atoms with Crippen LogP contribution in [-0.4, -0.2) is 57.6 Å². The fraction of sp³-hybridized carbons (Fsp3) is 0.300. The number of benzene rings is 3. The van der Waals surface area contributed by atoms with Gasteiger partial charge in [-0.2, -0.15) is 0 Å². The molecule has 0 saturated heterocycles. The number of hydrogen-bond donors (Lipinski definition) is 2. The zero-order valence-electron chi connectivity index (χ0n) is 28.9. The molecule has 54 heavy (non-hydrogen) atoms. The molecule has 0 radical (unpaired) electrons. The second-order valence-corrected chi connectivity index (χ2v) is 13.6. The Kier molecular flexibility index (Phi) is 9.66. The van der Waals surface area contributed by atoms with Crippen molar-refractivity contribution >= 4 is 23.0 Å². The molecule has 3 aliphatic rings. The number of hydrogen-bond acceptors (Lipinski definition) is 11. The number of nitrogen functional groups attached to an aromatic ring is 1. The van der Waals surface area contributed by atoms with Crippen LogP contribution in [0.2, 0.25) is 0 Å². The normalized spacial score (nSPS) is 23.2. The minimum Gasteiger partial charge on any atom is -0.486 e. The maximum absolute atomic E-state index is 14.8. The lowest BCUT2D eigenvalue weighted by Gasteiger charge is -2.51. The van der Waals surface area contributed by atoms with Crippen LogP contribution < -0.4 is 19.9 Å². The highest BCUT2D eigenvalue weighted by molar-refractivity contribution is 6.27. The third-order valence-corrected chi connectivity index (χ3v) is 10.3. The summed E-state index contributed by atoms with van der Waals surface area (Å²) in [5.41, 5.74) is 3.73. The van der Waals surface area contributed by atoms with Crippen molar-refractivity contribution in [3.05, 3.63) is 126 Å². The Morgan fingerprint density at radius 2 is 1.57 bits per heavy atom. The number of Topliss-reactive ketones (excluding diaryl/α,β-unsaturated/α-hetero) is 3. The van der Waals surface area contributed by atoms with Crippen molar-refractivity contribution in [1.29, 1.82) is 0 Å². The molecule has 3 N–H and O–H groups in total. The highest BCUT2D eigenvalue weighted by atomic mass is 19.4. The molecule has 14 heteroatoms. The first-order valence-corrected chi connectivity index (χ1v) is 17.2. The van der Waals surface area contributed by atoms with E-state index in [1.165, 1.54) is 0 Å². The van der Waals surface area contributed by atoms with Crippen LogP contribution in [0.4, 0.5) is 18.9 Å². The highest BCUT2D eigenvalue weighted by Crippen LogP contribution is 2.57. The molecule has 11 nitrogen and oxygen atoms in total. The second-order valence-electron chi connectivity index (χ2n) is 13.6. The van der Waals surface area contributed by atoms with E-state index in [2.05, 4.69) is 23.1 Å². The second kappa shape index (κ2) is 14.3. The minimum atomic E-state index is -5.14. The molecular formula is C40H36F3N3O8. The van der Waals surface area contributed by atoms with E-state index in [4.69, 9.17) is 19.7 Å². The third-order valence-electron chi connectivity index (χ3n) is 10.3. The number of fused-ring (bicyclic) bond motifs is 4. The summed E-state index contributed by atoms with van der Waals surface area (Å²) in [6, 6.07) is 17.7. The SMILES string of the molecule is C=CCN(CC=C)C1c2onc(OCc3ccccc3)c2C(=O)C2(O)C(=O)C3C(=O)c4c(c(OC(F)(F)F)cc(N)c4OCc4ccccc4)CC3CC12. The summed E-state index contributed by atoms with van der Waals surface area (Å²) in [6.45, 7) is 7.90. The molecule has 1 aromatic heterocycles. The van der Waals surface area contributed by atoms with Crippen LogP contribution in [-0.2, 0) is 24.4 Å². The van der Waals surface area contributed by atoms with Crippen LogP contribution in [0, 0.1) is 17.8 Å². The Morgan fingerprint density at radius 1 is 0.963 bits per heavy atom. The average Bonchev–Trinajstić information content (AvgIpc) is 3.56. The van der Waals surface area contributed by atoms with E-state index in [1.54, 1.807) is 71.6 Å². The van der Waals surface area contributed by atoms with Gasteiger partial charge in [0, 0.05) is 30.6 Å². The van der Waals surface area contributed by atoms with E-state index in [0.29, 0.717) is 5.56 Å². The quantitative estimate of drug-likeness (QED) is 0.0967. The van der Waals surface area contributed by atoms with E-state index < -0.39 is 58.9 Å². The Hall–Kier alpha value is -5.73. The van der Waals surface area contributed by atoms with E-state index in [-0.39, 0.29) is 78.9 Å². The number of aromatic nitrogens is 1. The molecule has 3 aliphatic carbocycles. The molecule has 1 saturated carbocycles. The van der Waals surface area contributed by atoms with Crippen LogP contribution >= 0.6 is 0 Å². The lowest BCUT2D eigenvalue weighted by Crippen LogP contribution is -2.66. The van der Waals surface area contributed by atoms with Gasteiger partial charge >= 0.3 is 6.36 Å². The van der Waals surface area contributed by atoms with Crippen molar-refractivity contribution in [2.45, 2.75) is 44.1 Å². The largest absolute Gasteiger partial charge is 0.573 e. The number of ketones is 3. The van der Waals surface area contributed by atoms with Gasteiger partial charge in [-0.3, -0.25) is 19.3 Å². The fourth-order valence-electron chi connectivity index (χ4n) is 8.07. The molecule has 1 fully saturated rings. The van der Waals surface area contributed by atoms with Crippen molar-refractivity contribution in [2.75, 3.05) is 18.8 Å². The van der Waals surface area contributed by atoms with E-state index >= 15 is 0 Å². The number of carbonyl (C=O) groups is 3. The molecule has 0 amide bonds. The molecule has 4 aromatic rings. The van der Waals surface area contributed by atoms with E-state index in [9.17, 15) is 32.7 Å². The molecule has 5 atom stereocenters. The van der Waals surface area contributed by atoms with E-state index in [0.717, 1.165) is 11.6 Å². The number of carbonyl (C=O) groups excluding carboxylic acids is 3. The average molecular weight is 744 g/mol. The van der Waals surface area contributed by atoms with Crippen LogP contribution in [0.5, 0.6) is 17.4 Å². The van der Waals surface area contributed by atoms with Gasteiger partial charge in [-0.15, -0.1) is 26.3 Å². The fourth-order valence-corrected chi connectivity index (χ4v) is 8.07. The Bertz CT molecular complexity index is 2110. The summed E-state index contributed by atoms with van der Waals surface area (Å²) >= 11 is 0. The molecular weight excluding hydrogens is 707 g/mol. The van der Waals surface area contributed by atoms with Crippen molar-refractivity contribution in [2.24, 2.45) is 17.8 Å². The van der Waals surface area contributed by atoms with Gasteiger partial charge < -0.3 is 29.6 Å². The number of ether oxygens (including phenoxy) is 3. The predicted molar refractivity (Wildman–Crippen MR) is 188 cm³/mol. The first-order chi connectivity index (χ1) is 25.9. The third kappa shape index (κ3) is 6.34. The maximum atomic E-state index is 14.8. The topological polar surface area (TPSA) is 154 Å². The molecule has 0 aliphatic heterocycles. The molecule has 0 bridgehead atoms. The number of nitrogens with zero attached hydrogens (tertiary/aromatic N) is 2. The first-order valence-electron chi connectivity index (χ1n) is 17.2. The number of alkyl halides is 3. The van der Waals surface area contributed by atoms with Crippen LogP contribution in [0.1, 0.15) is 55.6 Å². The highest BCUT2D eigenvalue weighted by Gasteiger charge is 2.68. The zero-order chi connectivity index (χ0) is 38.4. The number of halogens is 3. The maximum Gasteiger partial charge on any atom is 0.573 e. The number of anilines is 1. The molecule has 7 rings (SSSR count). The number of rotatable bonds is 12. The summed E-state index contributed by atoms with van der Waals surface area (Å²) in [5, 5.41) is 16.6. The van der Waals surface area contributed by atoms with Gasteiger partial charge in [-0.1, -0.05) is 72.8 Å². The summed E-state index contributed by atoms with van der Waals surface area (Å²) < 4.78 is 63.3. The number of aliphatic hydroxyl groups is 1. The van der Waals surface area contributed by atoms with Gasteiger partial charge in [0.2, 0.25) is 5.78 Å². The predicted octanol–water partition coefficient (Wildman–Crippen LogP) is 6.22. The smallest absolute Gasteiger partial charge is 0.486 e. The lowest BCUT2D eigenvalue weighted by molar-refractivity contribution is -0.275. The Labute approximate surface area is 307 Å².